The Labute approximate surface area is 188 Å². The van der Waals surface area contributed by atoms with Gasteiger partial charge < -0.3 is 5.11 Å². The third kappa shape index (κ3) is 3.83. The number of allylic oxidation sites excluding steroid dienone is 8. The van der Waals surface area contributed by atoms with Gasteiger partial charge in [0.05, 0.1) is 5.41 Å². The summed E-state index contributed by atoms with van der Waals surface area (Å²) in [5, 5.41) is 9.98. The van der Waals surface area contributed by atoms with Crippen LogP contribution in [0.4, 0.5) is 0 Å². The highest BCUT2D eigenvalue weighted by Crippen LogP contribution is 2.57. The van der Waals surface area contributed by atoms with Gasteiger partial charge in [-0.2, -0.15) is 0 Å². The van der Waals surface area contributed by atoms with Crippen LogP contribution in [0.3, 0.4) is 0 Å². The number of aryl methyl sites for hydroxylation is 1. The van der Waals surface area contributed by atoms with Gasteiger partial charge in [-0.05, 0) is 85.6 Å². The fraction of sp³-hybridized carbons (Fsp3) is 0.333. The highest BCUT2D eigenvalue weighted by molar-refractivity contribution is 5.74. The molecule has 2 aliphatic rings. The SMILES string of the molecule is C/C=C\C1=C(CC)C2=C(C=C(C)CC2)C1(c1ccc(C)cc1)c1ccc(O)cc1.CC. The molecular weight excluding hydrogens is 376 g/mol. The largest absolute Gasteiger partial charge is 0.508 e. The van der Waals surface area contributed by atoms with E-state index in [2.05, 4.69) is 82.3 Å². The zero-order chi connectivity index (χ0) is 22.6. The van der Waals surface area contributed by atoms with Crippen LogP contribution in [-0.2, 0) is 5.41 Å². The van der Waals surface area contributed by atoms with Crippen LogP contribution >= 0.6 is 0 Å². The molecule has 0 heterocycles. The number of hydrogen-bond donors (Lipinski definition) is 1. The van der Waals surface area contributed by atoms with Crippen LogP contribution < -0.4 is 0 Å². The second kappa shape index (κ2) is 9.56. The van der Waals surface area contributed by atoms with Crippen molar-refractivity contribution < 1.29 is 5.11 Å². The first-order valence-electron chi connectivity index (χ1n) is 11.7. The highest BCUT2D eigenvalue weighted by atomic mass is 16.3. The molecule has 0 saturated heterocycles. The van der Waals surface area contributed by atoms with Crippen molar-refractivity contribution in [3.63, 3.8) is 0 Å². The molecule has 0 saturated carbocycles. The van der Waals surface area contributed by atoms with Gasteiger partial charge >= 0.3 is 0 Å². The Bertz CT molecular complexity index is 981. The van der Waals surface area contributed by atoms with Gasteiger partial charge in [-0.25, -0.2) is 0 Å². The number of phenolic OH excluding ortho intramolecular Hbond substituents is 1. The Balaban J connectivity index is 0.00000132. The van der Waals surface area contributed by atoms with Crippen LogP contribution in [0.5, 0.6) is 5.75 Å². The third-order valence-corrected chi connectivity index (χ3v) is 6.45. The average Bonchev–Trinajstić information content (AvgIpc) is 3.06. The molecule has 1 atom stereocenters. The minimum atomic E-state index is -0.337. The predicted octanol–water partition coefficient (Wildman–Crippen LogP) is 8.35. The zero-order valence-corrected chi connectivity index (χ0v) is 19.9. The van der Waals surface area contributed by atoms with E-state index >= 15 is 0 Å². The second-order valence-electron chi connectivity index (χ2n) is 8.29. The van der Waals surface area contributed by atoms with Gasteiger partial charge in [-0.15, -0.1) is 0 Å². The standard InChI is InChI=1S/C28H30O.C2H6/c1-5-7-26-24(6-2)25-17-10-20(4)18-27(25)28(26,21-11-8-19(3)9-12-21)22-13-15-23(29)16-14-22;1-2/h5,7-9,11-16,18,29H,6,10,17H2,1-4H3;1-2H3/b7-5-;. The van der Waals surface area contributed by atoms with Crippen LogP contribution in [0.25, 0.3) is 0 Å². The first kappa shape index (κ1) is 22.9. The molecule has 1 nitrogen and oxygen atoms in total. The van der Waals surface area contributed by atoms with Gasteiger partial charge in [-0.1, -0.05) is 86.5 Å². The Morgan fingerprint density at radius 2 is 1.48 bits per heavy atom. The minimum absolute atomic E-state index is 0.308. The molecule has 1 N–H and O–H groups in total. The molecule has 2 aromatic carbocycles. The van der Waals surface area contributed by atoms with Gasteiger partial charge in [0.2, 0.25) is 0 Å². The lowest BCUT2D eigenvalue weighted by atomic mass is 9.65. The lowest BCUT2D eigenvalue weighted by molar-refractivity contribution is 0.475. The fourth-order valence-corrected chi connectivity index (χ4v) is 5.14. The van der Waals surface area contributed by atoms with Crippen molar-refractivity contribution >= 4 is 0 Å². The monoisotopic (exact) mass is 412 g/mol. The molecular formula is C30H36O. The first-order chi connectivity index (χ1) is 15.0. The van der Waals surface area contributed by atoms with E-state index in [1.54, 1.807) is 0 Å². The quantitative estimate of drug-likeness (QED) is 0.535. The smallest absolute Gasteiger partial charge is 0.115 e. The van der Waals surface area contributed by atoms with Crippen molar-refractivity contribution in [2.24, 2.45) is 0 Å². The van der Waals surface area contributed by atoms with Gasteiger partial charge in [0.15, 0.2) is 0 Å². The normalized spacial score (nSPS) is 20.5. The third-order valence-electron chi connectivity index (χ3n) is 6.45. The maximum Gasteiger partial charge on any atom is 0.115 e. The van der Waals surface area contributed by atoms with Gasteiger partial charge in [0, 0.05) is 0 Å². The maximum atomic E-state index is 9.98. The predicted molar refractivity (Wildman–Crippen MR) is 134 cm³/mol. The summed E-state index contributed by atoms with van der Waals surface area (Å²) in [6.45, 7) is 12.8. The van der Waals surface area contributed by atoms with Crippen LogP contribution in [-0.4, -0.2) is 5.11 Å². The van der Waals surface area contributed by atoms with Crippen molar-refractivity contribution in [3.05, 3.63) is 111 Å². The summed E-state index contributed by atoms with van der Waals surface area (Å²) in [7, 11) is 0. The summed E-state index contributed by atoms with van der Waals surface area (Å²) in [4.78, 5) is 0. The molecule has 1 heteroatoms. The number of aromatic hydroxyl groups is 1. The van der Waals surface area contributed by atoms with Crippen LogP contribution in [0.15, 0.2) is 94.6 Å². The highest BCUT2D eigenvalue weighted by Gasteiger charge is 2.47. The van der Waals surface area contributed by atoms with Crippen molar-refractivity contribution in [2.45, 2.75) is 66.2 Å². The van der Waals surface area contributed by atoms with E-state index in [0.29, 0.717) is 5.75 Å². The summed E-state index contributed by atoms with van der Waals surface area (Å²) in [5.74, 6) is 0.308. The number of benzene rings is 2. The molecule has 2 aromatic rings. The van der Waals surface area contributed by atoms with Gasteiger partial charge in [-0.3, -0.25) is 0 Å². The molecule has 162 valence electrons. The summed E-state index contributed by atoms with van der Waals surface area (Å²) in [5.41, 5.74) is 10.7. The first-order valence-corrected chi connectivity index (χ1v) is 11.7. The van der Waals surface area contributed by atoms with Crippen molar-refractivity contribution in [1.82, 2.24) is 0 Å². The van der Waals surface area contributed by atoms with E-state index in [1.807, 2.05) is 26.0 Å². The molecule has 0 bridgehead atoms. The topological polar surface area (TPSA) is 20.2 Å². The molecule has 1 unspecified atom stereocenters. The fourth-order valence-electron chi connectivity index (χ4n) is 5.14. The zero-order valence-electron chi connectivity index (χ0n) is 19.9. The minimum Gasteiger partial charge on any atom is -0.508 e. The van der Waals surface area contributed by atoms with E-state index in [-0.39, 0.29) is 5.41 Å². The Morgan fingerprint density at radius 3 is 2.03 bits per heavy atom. The summed E-state index contributed by atoms with van der Waals surface area (Å²) >= 11 is 0. The van der Waals surface area contributed by atoms with Crippen molar-refractivity contribution in [2.75, 3.05) is 0 Å². The summed E-state index contributed by atoms with van der Waals surface area (Å²) < 4.78 is 0. The summed E-state index contributed by atoms with van der Waals surface area (Å²) in [6, 6.07) is 16.8. The number of rotatable bonds is 4. The average molecular weight is 413 g/mol. The van der Waals surface area contributed by atoms with Crippen LogP contribution in [0, 0.1) is 6.92 Å². The Kier molecular flexibility index (Phi) is 7.05. The molecule has 0 fully saturated rings. The van der Waals surface area contributed by atoms with E-state index < -0.39 is 0 Å². The Hall–Kier alpha value is -2.80. The van der Waals surface area contributed by atoms with Crippen LogP contribution in [0.1, 0.15) is 70.6 Å². The lowest BCUT2D eigenvalue weighted by Crippen LogP contribution is -2.30. The van der Waals surface area contributed by atoms with Gasteiger partial charge in [0.25, 0.3) is 0 Å². The van der Waals surface area contributed by atoms with Gasteiger partial charge in [0.1, 0.15) is 5.75 Å². The molecule has 31 heavy (non-hydrogen) atoms. The van der Waals surface area contributed by atoms with E-state index in [0.717, 1.165) is 19.3 Å². The van der Waals surface area contributed by atoms with E-state index in [9.17, 15) is 5.11 Å². The molecule has 2 aliphatic carbocycles. The van der Waals surface area contributed by atoms with Crippen LogP contribution in [0.2, 0.25) is 0 Å². The maximum absolute atomic E-state index is 9.98. The van der Waals surface area contributed by atoms with Crippen molar-refractivity contribution in [3.8, 4) is 5.75 Å². The van der Waals surface area contributed by atoms with Crippen molar-refractivity contribution in [1.29, 1.82) is 0 Å². The molecule has 0 amide bonds. The number of hydrogen-bond acceptors (Lipinski definition) is 1. The summed E-state index contributed by atoms with van der Waals surface area (Å²) in [6.07, 6.45) is 10.2. The molecule has 0 radical (unpaired) electrons. The van der Waals surface area contributed by atoms with E-state index in [4.69, 9.17) is 0 Å². The van der Waals surface area contributed by atoms with E-state index in [1.165, 1.54) is 44.6 Å². The Morgan fingerprint density at radius 1 is 0.903 bits per heavy atom. The number of phenols is 1. The second-order valence-corrected chi connectivity index (χ2v) is 8.29. The molecule has 0 aromatic heterocycles. The molecule has 0 spiro atoms. The molecule has 0 aliphatic heterocycles. The lowest BCUT2D eigenvalue weighted by Gasteiger charge is -2.37. The molecule has 4 rings (SSSR count).